The third-order valence-corrected chi connectivity index (χ3v) is 6.68. The summed E-state index contributed by atoms with van der Waals surface area (Å²) in [5.74, 6) is -0.475. The molecular formula is C31H20O7. The number of aromatic hydroxyl groups is 2. The monoisotopic (exact) mass is 504 g/mol. The van der Waals surface area contributed by atoms with Crippen LogP contribution in [0.15, 0.2) is 103 Å². The number of hydrogen-bond acceptors (Lipinski definition) is 6. The normalized spacial score (nSPS) is 13.8. The van der Waals surface area contributed by atoms with Gasteiger partial charge in [-0.3, -0.25) is 0 Å². The second kappa shape index (κ2) is 8.67. The number of carbonyl (C=O) groups excluding carboxylic acids is 1. The maximum Gasteiger partial charge on any atom is 0.340 e. The van der Waals surface area contributed by atoms with E-state index in [1.54, 1.807) is 36.4 Å². The molecule has 0 saturated heterocycles. The van der Waals surface area contributed by atoms with E-state index in [-0.39, 0.29) is 11.5 Å². The fraction of sp³-hybridized carbons (Fsp3) is 0.0323. The first-order valence-corrected chi connectivity index (χ1v) is 11.8. The Morgan fingerprint density at radius 1 is 0.658 bits per heavy atom. The van der Waals surface area contributed by atoms with Crippen LogP contribution in [0.1, 0.15) is 37.4 Å². The number of phenols is 2. The van der Waals surface area contributed by atoms with Crippen LogP contribution in [0.3, 0.4) is 0 Å². The van der Waals surface area contributed by atoms with Crippen LogP contribution in [0.5, 0.6) is 23.0 Å². The molecule has 0 amide bonds. The molecule has 1 spiro atoms. The summed E-state index contributed by atoms with van der Waals surface area (Å²) < 4.78 is 11.8. The second-order valence-electron chi connectivity index (χ2n) is 8.95. The van der Waals surface area contributed by atoms with E-state index in [2.05, 4.69) is 0 Å². The average Bonchev–Trinajstić information content (AvgIpc) is 3.21. The molecule has 0 radical (unpaired) electrons. The molecule has 7 nitrogen and oxygen atoms in total. The molecule has 5 aromatic carbocycles. The first-order valence-electron chi connectivity index (χ1n) is 11.8. The van der Waals surface area contributed by atoms with Crippen LogP contribution in [0.2, 0.25) is 0 Å². The maximum absolute atomic E-state index is 12.5. The van der Waals surface area contributed by atoms with Gasteiger partial charge >= 0.3 is 11.9 Å². The van der Waals surface area contributed by atoms with E-state index in [0.717, 1.165) is 10.8 Å². The van der Waals surface area contributed by atoms with Crippen molar-refractivity contribution in [3.05, 3.63) is 131 Å². The minimum Gasteiger partial charge on any atom is -0.508 e. The number of benzene rings is 5. The zero-order chi connectivity index (χ0) is 26.4. The van der Waals surface area contributed by atoms with E-state index in [9.17, 15) is 19.8 Å². The lowest BCUT2D eigenvalue weighted by Crippen LogP contribution is -2.32. The van der Waals surface area contributed by atoms with E-state index in [1.165, 1.54) is 24.3 Å². The van der Waals surface area contributed by atoms with Crippen LogP contribution in [0, 0.1) is 0 Å². The van der Waals surface area contributed by atoms with Crippen LogP contribution in [0.25, 0.3) is 10.8 Å². The minimum absolute atomic E-state index is 0.0371. The predicted molar refractivity (Wildman–Crippen MR) is 139 cm³/mol. The molecule has 0 bridgehead atoms. The highest BCUT2D eigenvalue weighted by atomic mass is 16.6. The number of aromatic carboxylic acids is 1. The molecule has 38 heavy (non-hydrogen) atoms. The summed E-state index contributed by atoms with van der Waals surface area (Å²) in [6, 6.07) is 29.4. The van der Waals surface area contributed by atoms with Gasteiger partial charge < -0.3 is 24.8 Å². The van der Waals surface area contributed by atoms with Crippen molar-refractivity contribution in [2.45, 2.75) is 5.60 Å². The van der Waals surface area contributed by atoms with Crippen molar-refractivity contribution >= 4 is 22.7 Å². The largest absolute Gasteiger partial charge is 0.508 e. The van der Waals surface area contributed by atoms with Gasteiger partial charge in [-0.25, -0.2) is 9.59 Å². The topological polar surface area (TPSA) is 113 Å². The fourth-order valence-electron chi connectivity index (χ4n) is 4.98. The smallest absolute Gasteiger partial charge is 0.340 e. The highest BCUT2D eigenvalue weighted by molar-refractivity contribution is 5.97. The van der Waals surface area contributed by atoms with Crippen LogP contribution in [0.4, 0.5) is 0 Å². The molecular weight excluding hydrogens is 484 g/mol. The Bertz CT molecular complexity index is 1700. The summed E-state index contributed by atoms with van der Waals surface area (Å²) in [6.45, 7) is 0. The molecule has 0 aliphatic carbocycles. The molecule has 0 aromatic heterocycles. The SMILES string of the molecule is O=C(O)c1ccc2ccccc2c1.O=C1OC2(c3ccc(O)cc3Oc3cc(O)ccc32)c2ccccc21. The fourth-order valence-corrected chi connectivity index (χ4v) is 4.98. The summed E-state index contributed by atoms with van der Waals surface area (Å²) in [6.07, 6.45) is 0. The van der Waals surface area contributed by atoms with Crippen molar-refractivity contribution < 1.29 is 34.4 Å². The molecule has 0 fully saturated rings. The Labute approximate surface area is 216 Å². The van der Waals surface area contributed by atoms with E-state index in [4.69, 9.17) is 14.6 Å². The van der Waals surface area contributed by atoms with E-state index in [0.29, 0.717) is 39.3 Å². The number of ether oxygens (including phenoxy) is 2. The zero-order valence-electron chi connectivity index (χ0n) is 19.8. The molecule has 5 aromatic rings. The van der Waals surface area contributed by atoms with Crippen molar-refractivity contribution in [2.75, 3.05) is 0 Å². The first kappa shape index (κ1) is 23.1. The predicted octanol–water partition coefficient (Wildman–Crippen LogP) is 6.20. The highest BCUT2D eigenvalue weighted by Crippen LogP contribution is 2.56. The molecule has 2 heterocycles. The maximum atomic E-state index is 12.5. The zero-order valence-corrected chi connectivity index (χ0v) is 19.8. The number of phenolic OH excluding ortho intramolecular Hbond substituents is 2. The summed E-state index contributed by atoms with van der Waals surface area (Å²) in [5.41, 5.74) is 1.62. The van der Waals surface area contributed by atoms with Gasteiger partial charge in [0.15, 0.2) is 5.60 Å². The Morgan fingerprint density at radius 2 is 1.26 bits per heavy atom. The van der Waals surface area contributed by atoms with Crippen LogP contribution >= 0.6 is 0 Å². The number of carbonyl (C=O) groups is 2. The standard InChI is InChI=1S/C20H12O5.C11H8O2/c21-11-5-7-15-17(9-11)24-18-10-12(22)6-8-16(18)20(15)14-4-2-1-3-13(14)19(23)25-20;12-11(13)10-6-5-8-3-1-2-4-9(8)7-10/h1-10,21-22H;1-7H,(H,12,13). The number of esters is 1. The molecule has 186 valence electrons. The third kappa shape index (κ3) is 3.60. The number of carboxylic acid groups (broad SMARTS) is 1. The lowest BCUT2D eigenvalue weighted by Gasteiger charge is -2.36. The van der Waals surface area contributed by atoms with Gasteiger partial charge in [0.05, 0.1) is 11.1 Å². The van der Waals surface area contributed by atoms with Crippen molar-refractivity contribution in [3.63, 3.8) is 0 Å². The second-order valence-corrected chi connectivity index (χ2v) is 8.95. The van der Waals surface area contributed by atoms with Gasteiger partial charge in [-0.05, 0) is 53.2 Å². The lowest BCUT2D eigenvalue weighted by atomic mass is 9.77. The number of rotatable bonds is 1. The molecule has 0 unspecified atom stereocenters. The van der Waals surface area contributed by atoms with Gasteiger partial charge in [-0.1, -0.05) is 48.5 Å². The number of carboxylic acids is 1. The highest BCUT2D eigenvalue weighted by Gasteiger charge is 2.53. The van der Waals surface area contributed by atoms with E-state index >= 15 is 0 Å². The molecule has 0 saturated carbocycles. The van der Waals surface area contributed by atoms with Crippen molar-refractivity contribution in [2.24, 2.45) is 0 Å². The van der Waals surface area contributed by atoms with E-state index in [1.807, 2.05) is 42.5 Å². The van der Waals surface area contributed by atoms with Gasteiger partial charge in [-0.15, -0.1) is 0 Å². The molecule has 2 aliphatic heterocycles. The van der Waals surface area contributed by atoms with Gasteiger partial charge in [0.1, 0.15) is 23.0 Å². The Morgan fingerprint density at radius 3 is 1.92 bits per heavy atom. The molecule has 0 atom stereocenters. The first-order chi connectivity index (χ1) is 18.4. The van der Waals surface area contributed by atoms with Crippen molar-refractivity contribution in [1.29, 1.82) is 0 Å². The number of fused-ring (bicyclic) bond motifs is 7. The van der Waals surface area contributed by atoms with Gasteiger partial charge in [0.25, 0.3) is 0 Å². The molecule has 7 rings (SSSR count). The average molecular weight is 504 g/mol. The van der Waals surface area contributed by atoms with Crippen molar-refractivity contribution in [1.82, 2.24) is 0 Å². The summed E-state index contributed by atoms with van der Waals surface area (Å²) in [5, 5.41) is 30.4. The summed E-state index contributed by atoms with van der Waals surface area (Å²) >= 11 is 0. The Balaban J connectivity index is 0.000000171. The van der Waals surface area contributed by atoms with Crippen LogP contribution in [-0.2, 0) is 10.3 Å². The molecule has 7 heteroatoms. The van der Waals surface area contributed by atoms with Gasteiger partial charge in [0, 0.05) is 28.8 Å². The Hall–Kier alpha value is -5.30. The van der Waals surface area contributed by atoms with Crippen LogP contribution < -0.4 is 4.74 Å². The van der Waals surface area contributed by atoms with Gasteiger partial charge in [0.2, 0.25) is 0 Å². The summed E-state index contributed by atoms with van der Waals surface area (Å²) in [4.78, 5) is 23.2. The van der Waals surface area contributed by atoms with Crippen molar-refractivity contribution in [3.8, 4) is 23.0 Å². The lowest BCUT2D eigenvalue weighted by molar-refractivity contribution is 0.0224. The third-order valence-electron chi connectivity index (χ3n) is 6.68. The molecule has 3 N–H and O–H groups in total. The quantitative estimate of drug-likeness (QED) is 0.233. The Kier molecular flexibility index (Phi) is 5.28. The van der Waals surface area contributed by atoms with Gasteiger partial charge in [-0.2, -0.15) is 0 Å². The molecule has 2 aliphatic rings. The minimum atomic E-state index is -1.17. The van der Waals surface area contributed by atoms with E-state index < -0.39 is 17.5 Å². The van der Waals surface area contributed by atoms with Crippen LogP contribution in [-0.4, -0.2) is 27.3 Å². The number of hydrogen-bond donors (Lipinski definition) is 3. The summed E-state index contributed by atoms with van der Waals surface area (Å²) in [7, 11) is 0.